The van der Waals surface area contributed by atoms with Crippen LogP contribution in [0.5, 0.6) is 0 Å². The number of benzene rings is 2. The van der Waals surface area contributed by atoms with E-state index < -0.39 is 0 Å². The van der Waals surface area contributed by atoms with Crippen LogP contribution in [-0.4, -0.2) is 11.2 Å². The highest BCUT2D eigenvalue weighted by Gasteiger charge is 2.12. The maximum atomic E-state index is 12.4. The second-order valence-electron chi connectivity index (χ2n) is 4.98. The molecule has 0 saturated carbocycles. The van der Waals surface area contributed by atoms with Crippen LogP contribution in [-0.2, 0) is 0 Å². The average Bonchev–Trinajstić information content (AvgIpc) is 2.41. The molecule has 0 radical (unpaired) electrons. The van der Waals surface area contributed by atoms with Gasteiger partial charge in [0.25, 0.3) is 5.91 Å². The van der Waals surface area contributed by atoms with Crippen LogP contribution in [0.3, 0.4) is 0 Å². The summed E-state index contributed by atoms with van der Waals surface area (Å²) in [5.41, 5.74) is 2.73. The first-order chi connectivity index (χ1) is 9.56. The van der Waals surface area contributed by atoms with E-state index in [1.807, 2.05) is 55.5 Å². The van der Waals surface area contributed by atoms with E-state index in [1.54, 1.807) is 11.8 Å². The third-order valence-electron chi connectivity index (χ3n) is 2.80. The van der Waals surface area contributed by atoms with Gasteiger partial charge in [0.1, 0.15) is 0 Å². The monoisotopic (exact) mass is 285 g/mol. The molecular formula is C17H19NOS. The molecule has 0 bridgehead atoms. The minimum Gasteiger partial charge on any atom is -0.322 e. The standard InChI is InChI=1S/C17H19NOS/c1-12(2)20-16-7-5-4-6-15(16)17(19)18-14-10-8-13(3)9-11-14/h4-12H,1-3H3,(H,18,19). The number of anilines is 1. The number of hydrogen-bond donors (Lipinski definition) is 1. The van der Waals surface area contributed by atoms with Crippen molar-refractivity contribution in [2.75, 3.05) is 5.32 Å². The lowest BCUT2D eigenvalue weighted by atomic mass is 10.2. The van der Waals surface area contributed by atoms with Crippen LogP contribution in [0.25, 0.3) is 0 Å². The van der Waals surface area contributed by atoms with Crippen LogP contribution in [0.15, 0.2) is 53.4 Å². The summed E-state index contributed by atoms with van der Waals surface area (Å²) in [6, 6.07) is 15.6. The highest BCUT2D eigenvalue weighted by molar-refractivity contribution is 8.00. The molecule has 0 aliphatic carbocycles. The molecule has 2 nitrogen and oxygen atoms in total. The molecule has 2 aromatic rings. The SMILES string of the molecule is Cc1ccc(NC(=O)c2ccccc2SC(C)C)cc1. The number of amides is 1. The van der Waals surface area contributed by atoms with Gasteiger partial charge in [0, 0.05) is 15.8 Å². The first-order valence-corrected chi connectivity index (χ1v) is 7.58. The number of carbonyl (C=O) groups is 1. The summed E-state index contributed by atoms with van der Waals surface area (Å²) < 4.78 is 0. The number of rotatable bonds is 4. The van der Waals surface area contributed by atoms with Crippen LogP contribution in [0.4, 0.5) is 5.69 Å². The predicted octanol–water partition coefficient (Wildman–Crippen LogP) is 4.75. The van der Waals surface area contributed by atoms with Gasteiger partial charge in [-0.05, 0) is 31.2 Å². The Balaban J connectivity index is 2.18. The summed E-state index contributed by atoms with van der Waals surface area (Å²) in [4.78, 5) is 13.4. The molecule has 0 fully saturated rings. The quantitative estimate of drug-likeness (QED) is 0.821. The molecule has 0 atom stereocenters. The summed E-state index contributed by atoms with van der Waals surface area (Å²) in [7, 11) is 0. The van der Waals surface area contributed by atoms with Gasteiger partial charge in [-0.15, -0.1) is 11.8 Å². The van der Waals surface area contributed by atoms with E-state index in [1.165, 1.54) is 5.56 Å². The van der Waals surface area contributed by atoms with Gasteiger partial charge in [0.15, 0.2) is 0 Å². The van der Waals surface area contributed by atoms with Crippen molar-refractivity contribution >= 4 is 23.4 Å². The van der Waals surface area contributed by atoms with Crippen LogP contribution in [0, 0.1) is 6.92 Å². The van der Waals surface area contributed by atoms with Crippen molar-refractivity contribution in [2.45, 2.75) is 30.9 Å². The third kappa shape index (κ3) is 3.87. The number of aryl methyl sites for hydroxylation is 1. The maximum Gasteiger partial charge on any atom is 0.256 e. The molecule has 0 aliphatic heterocycles. The fourth-order valence-corrected chi connectivity index (χ4v) is 2.80. The zero-order valence-corrected chi connectivity index (χ0v) is 12.8. The molecule has 0 saturated heterocycles. The Labute approximate surface area is 124 Å². The molecule has 0 unspecified atom stereocenters. The first kappa shape index (κ1) is 14.7. The van der Waals surface area contributed by atoms with Gasteiger partial charge in [-0.2, -0.15) is 0 Å². The first-order valence-electron chi connectivity index (χ1n) is 6.70. The van der Waals surface area contributed by atoms with Gasteiger partial charge in [-0.25, -0.2) is 0 Å². The second-order valence-corrected chi connectivity index (χ2v) is 6.60. The number of nitrogens with one attached hydrogen (secondary N) is 1. The lowest BCUT2D eigenvalue weighted by Gasteiger charge is -2.11. The molecule has 2 aromatic carbocycles. The summed E-state index contributed by atoms with van der Waals surface area (Å²) in [6.07, 6.45) is 0. The van der Waals surface area contributed by atoms with Crippen molar-refractivity contribution in [1.29, 1.82) is 0 Å². The van der Waals surface area contributed by atoms with Gasteiger partial charge in [0.2, 0.25) is 0 Å². The lowest BCUT2D eigenvalue weighted by molar-refractivity contribution is 0.102. The normalized spacial score (nSPS) is 10.6. The fourth-order valence-electron chi connectivity index (χ4n) is 1.85. The molecule has 2 rings (SSSR count). The Morgan fingerprint density at radius 1 is 1.05 bits per heavy atom. The maximum absolute atomic E-state index is 12.4. The van der Waals surface area contributed by atoms with Gasteiger partial charge in [-0.3, -0.25) is 4.79 Å². The van der Waals surface area contributed by atoms with Crippen molar-refractivity contribution in [2.24, 2.45) is 0 Å². The Hall–Kier alpha value is -1.74. The van der Waals surface area contributed by atoms with E-state index >= 15 is 0 Å². The van der Waals surface area contributed by atoms with E-state index in [-0.39, 0.29) is 5.91 Å². The third-order valence-corrected chi connectivity index (χ3v) is 3.89. The minimum absolute atomic E-state index is 0.0578. The zero-order chi connectivity index (χ0) is 14.5. The summed E-state index contributed by atoms with van der Waals surface area (Å²) in [5.74, 6) is -0.0578. The molecule has 20 heavy (non-hydrogen) atoms. The molecular weight excluding hydrogens is 266 g/mol. The fraction of sp³-hybridized carbons (Fsp3) is 0.235. The van der Waals surface area contributed by atoms with Crippen molar-refractivity contribution in [3.63, 3.8) is 0 Å². The molecule has 0 heterocycles. The van der Waals surface area contributed by atoms with Crippen LogP contribution in [0.1, 0.15) is 29.8 Å². The molecule has 0 spiro atoms. The van der Waals surface area contributed by atoms with Gasteiger partial charge in [-0.1, -0.05) is 43.7 Å². The second kappa shape index (κ2) is 6.62. The largest absolute Gasteiger partial charge is 0.322 e. The Bertz CT molecular complexity index is 590. The summed E-state index contributed by atoms with van der Waals surface area (Å²) in [5, 5.41) is 3.39. The summed E-state index contributed by atoms with van der Waals surface area (Å²) in [6.45, 7) is 6.28. The lowest BCUT2D eigenvalue weighted by Crippen LogP contribution is -2.13. The van der Waals surface area contributed by atoms with Crippen molar-refractivity contribution in [1.82, 2.24) is 0 Å². The number of hydrogen-bond acceptors (Lipinski definition) is 2. The topological polar surface area (TPSA) is 29.1 Å². The Morgan fingerprint density at radius 3 is 2.35 bits per heavy atom. The average molecular weight is 285 g/mol. The summed E-state index contributed by atoms with van der Waals surface area (Å²) >= 11 is 1.71. The zero-order valence-electron chi connectivity index (χ0n) is 12.0. The van der Waals surface area contributed by atoms with Crippen LogP contribution < -0.4 is 5.32 Å². The molecule has 0 aliphatic rings. The van der Waals surface area contributed by atoms with E-state index in [9.17, 15) is 4.79 Å². The van der Waals surface area contributed by atoms with Gasteiger partial charge in [0.05, 0.1) is 5.56 Å². The molecule has 1 N–H and O–H groups in total. The van der Waals surface area contributed by atoms with E-state index in [2.05, 4.69) is 19.2 Å². The van der Waals surface area contributed by atoms with Crippen LogP contribution >= 0.6 is 11.8 Å². The van der Waals surface area contributed by atoms with Crippen molar-refractivity contribution < 1.29 is 4.79 Å². The smallest absolute Gasteiger partial charge is 0.256 e. The van der Waals surface area contributed by atoms with Crippen LogP contribution in [0.2, 0.25) is 0 Å². The van der Waals surface area contributed by atoms with Gasteiger partial charge < -0.3 is 5.32 Å². The predicted molar refractivity (Wildman–Crippen MR) is 86.6 cm³/mol. The molecule has 0 aromatic heterocycles. The number of thioether (sulfide) groups is 1. The van der Waals surface area contributed by atoms with E-state index in [4.69, 9.17) is 0 Å². The highest BCUT2D eigenvalue weighted by Crippen LogP contribution is 2.27. The highest BCUT2D eigenvalue weighted by atomic mass is 32.2. The molecule has 1 amide bonds. The Morgan fingerprint density at radius 2 is 1.70 bits per heavy atom. The van der Waals surface area contributed by atoms with Gasteiger partial charge >= 0.3 is 0 Å². The number of carbonyl (C=O) groups excluding carboxylic acids is 1. The van der Waals surface area contributed by atoms with E-state index in [0.717, 1.165) is 16.1 Å². The van der Waals surface area contributed by atoms with Crippen molar-refractivity contribution in [3.8, 4) is 0 Å². The minimum atomic E-state index is -0.0578. The molecule has 104 valence electrons. The molecule has 3 heteroatoms. The Kier molecular flexibility index (Phi) is 4.85. The van der Waals surface area contributed by atoms with Crippen molar-refractivity contribution in [3.05, 3.63) is 59.7 Å². The van der Waals surface area contributed by atoms with E-state index in [0.29, 0.717) is 5.25 Å².